The molecule has 5 nitrogen and oxygen atoms in total. The Balaban J connectivity index is 0.00000210. The van der Waals surface area contributed by atoms with E-state index < -0.39 is 11.6 Å². The Bertz CT molecular complexity index is 760. The summed E-state index contributed by atoms with van der Waals surface area (Å²) < 4.78 is 28.3. The van der Waals surface area contributed by atoms with Crippen molar-refractivity contribution in [2.24, 2.45) is 5.92 Å². The Morgan fingerprint density at radius 3 is 2.70 bits per heavy atom. The van der Waals surface area contributed by atoms with Crippen LogP contribution in [0.4, 0.5) is 8.78 Å². The minimum atomic E-state index is -0.792. The molecule has 0 unspecified atom stereocenters. The number of benzene rings is 1. The minimum absolute atomic E-state index is 0. The lowest BCUT2D eigenvalue weighted by molar-refractivity contribution is 0.200. The van der Waals surface area contributed by atoms with Crippen molar-refractivity contribution >= 4 is 12.4 Å². The van der Waals surface area contributed by atoms with Gasteiger partial charge >= 0.3 is 0 Å². The molecule has 2 heterocycles. The topological polar surface area (TPSA) is 46.0 Å². The number of halogens is 3. The van der Waals surface area contributed by atoms with Crippen molar-refractivity contribution in [2.75, 3.05) is 20.1 Å². The monoisotopic (exact) mass is 397 g/mol. The van der Waals surface area contributed by atoms with Crippen LogP contribution < -0.4 is 5.32 Å². The second-order valence-corrected chi connectivity index (χ2v) is 7.68. The molecule has 2 fully saturated rings. The maximum Gasteiger partial charge on any atom is 0.159 e. The van der Waals surface area contributed by atoms with Crippen LogP contribution in [0.5, 0.6) is 0 Å². The van der Waals surface area contributed by atoms with Gasteiger partial charge in [0.2, 0.25) is 0 Å². The van der Waals surface area contributed by atoms with Crippen molar-refractivity contribution < 1.29 is 8.78 Å². The Morgan fingerprint density at radius 1 is 1.19 bits per heavy atom. The first-order chi connectivity index (χ1) is 12.6. The van der Waals surface area contributed by atoms with E-state index in [4.69, 9.17) is 0 Å². The summed E-state index contributed by atoms with van der Waals surface area (Å²) in [7, 11) is 2.17. The first-order valence-corrected chi connectivity index (χ1v) is 9.34. The number of piperidine rings is 1. The maximum atomic E-state index is 13.3. The lowest BCUT2D eigenvalue weighted by Gasteiger charge is -2.28. The molecule has 1 aliphatic heterocycles. The molecule has 1 saturated carbocycles. The zero-order valence-electron chi connectivity index (χ0n) is 15.4. The van der Waals surface area contributed by atoms with Crippen LogP contribution in [0, 0.1) is 17.6 Å². The zero-order valence-corrected chi connectivity index (χ0v) is 16.3. The summed E-state index contributed by atoms with van der Waals surface area (Å²) in [6.07, 6.45) is 5.37. The number of likely N-dealkylation sites (tertiary alicyclic amines) is 1. The Morgan fingerprint density at radius 2 is 1.96 bits per heavy atom. The first kappa shape index (κ1) is 20.2. The highest BCUT2D eigenvalue weighted by atomic mass is 35.5. The number of nitrogens with zero attached hydrogens (tertiary/aromatic N) is 4. The highest BCUT2D eigenvalue weighted by Gasteiger charge is 2.38. The third-order valence-electron chi connectivity index (χ3n) is 5.58. The standard InChI is InChI=1S/C19H25F2N5.ClH/c1-25-6-4-13(5-7-25)11-26-12-15(23-24-26)10-22-19-9-16(19)14-2-3-17(20)18(21)8-14;/h2-3,8,12-13,16,19,22H,4-7,9-11H2,1H3;1H/t16-,19+;/m0./s1. The molecule has 2 aliphatic rings. The minimum Gasteiger partial charge on any atom is -0.308 e. The van der Waals surface area contributed by atoms with Gasteiger partial charge in [0, 0.05) is 31.2 Å². The predicted octanol–water partition coefficient (Wildman–Crippen LogP) is 2.97. The fourth-order valence-electron chi connectivity index (χ4n) is 3.79. The van der Waals surface area contributed by atoms with E-state index in [1.165, 1.54) is 25.0 Å². The van der Waals surface area contributed by atoms with Crippen LogP contribution in [-0.4, -0.2) is 46.1 Å². The lowest BCUT2D eigenvalue weighted by Crippen LogP contribution is -2.32. The molecule has 4 rings (SSSR count). The van der Waals surface area contributed by atoms with Gasteiger partial charge in [0.1, 0.15) is 0 Å². The molecule has 1 aromatic heterocycles. The molecule has 1 N–H and O–H groups in total. The highest BCUT2D eigenvalue weighted by molar-refractivity contribution is 5.85. The molecule has 148 valence electrons. The summed E-state index contributed by atoms with van der Waals surface area (Å²) >= 11 is 0. The maximum absolute atomic E-state index is 13.3. The van der Waals surface area contributed by atoms with Crippen LogP contribution in [0.25, 0.3) is 0 Å². The van der Waals surface area contributed by atoms with Crippen molar-refractivity contribution in [3.63, 3.8) is 0 Å². The Labute approximate surface area is 164 Å². The van der Waals surface area contributed by atoms with Crippen LogP contribution >= 0.6 is 12.4 Å². The Kier molecular flexibility index (Phi) is 6.44. The van der Waals surface area contributed by atoms with E-state index in [1.54, 1.807) is 6.07 Å². The highest BCUT2D eigenvalue weighted by Crippen LogP contribution is 2.41. The largest absolute Gasteiger partial charge is 0.308 e. The summed E-state index contributed by atoms with van der Waals surface area (Å²) in [6, 6.07) is 4.47. The summed E-state index contributed by atoms with van der Waals surface area (Å²) in [4.78, 5) is 2.37. The molecule has 0 spiro atoms. The van der Waals surface area contributed by atoms with E-state index in [2.05, 4.69) is 27.6 Å². The van der Waals surface area contributed by atoms with Gasteiger partial charge in [-0.2, -0.15) is 0 Å². The quantitative estimate of drug-likeness (QED) is 0.814. The molecule has 27 heavy (non-hydrogen) atoms. The van der Waals surface area contributed by atoms with E-state index in [-0.39, 0.29) is 18.3 Å². The van der Waals surface area contributed by atoms with Gasteiger partial charge in [-0.3, -0.25) is 4.68 Å². The molecular weight excluding hydrogens is 372 g/mol. The van der Waals surface area contributed by atoms with Gasteiger partial charge in [-0.05, 0) is 63.0 Å². The molecule has 0 bridgehead atoms. The van der Waals surface area contributed by atoms with E-state index >= 15 is 0 Å². The summed E-state index contributed by atoms with van der Waals surface area (Å²) in [6.45, 7) is 3.89. The van der Waals surface area contributed by atoms with Crippen LogP contribution in [0.2, 0.25) is 0 Å². The van der Waals surface area contributed by atoms with E-state index in [0.717, 1.165) is 37.3 Å². The summed E-state index contributed by atoms with van der Waals surface area (Å²) in [5, 5.41) is 11.9. The fourth-order valence-corrected chi connectivity index (χ4v) is 3.79. The number of nitrogens with one attached hydrogen (secondary N) is 1. The van der Waals surface area contributed by atoms with Gasteiger partial charge in [-0.25, -0.2) is 8.78 Å². The molecular formula is C19H26ClF2N5. The third kappa shape index (κ3) is 5.03. The third-order valence-corrected chi connectivity index (χ3v) is 5.58. The van der Waals surface area contributed by atoms with E-state index in [0.29, 0.717) is 18.5 Å². The van der Waals surface area contributed by atoms with E-state index in [9.17, 15) is 8.78 Å². The fraction of sp³-hybridized carbons (Fsp3) is 0.579. The van der Waals surface area contributed by atoms with Gasteiger partial charge in [-0.1, -0.05) is 11.3 Å². The normalized spacial score (nSPS) is 23.2. The lowest BCUT2D eigenvalue weighted by atomic mass is 9.97. The Hall–Kier alpha value is -1.57. The van der Waals surface area contributed by atoms with Crippen molar-refractivity contribution in [3.8, 4) is 0 Å². The van der Waals surface area contributed by atoms with Gasteiger partial charge in [0.05, 0.1) is 5.69 Å². The molecule has 0 radical (unpaired) electrons. The second-order valence-electron chi connectivity index (χ2n) is 7.68. The van der Waals surface area contributed by atoms with E-state index in [1.807, 2.05) is 10.9 Å². The van der Waals surface area contributed by atoms with Crippen LogP contribution in [0.3, 0.4) is 0 Å². The predicted molar refractivity (Wildman–Crippen MR) is 102 cm³/mol. The summed E-state index contributed by atoms with van der Waals surface area (Å²) in [5.74, 6) is -0.639. The molecule has 2 atom stereocenters. The van der Waals surface area contributed by atoms with Crippen molar-refractivity contribution in [2.45, 2.75) is 44.3 Å². The summed E-state index contributed by atoms with van der Waals surface area (Å²) in [5.41, 5.74) is 1.78. The van der Waals surface area contributed by atoms with Gasteiger partial charge in [0.15, 0.2) is 11.6 Å². The smallest absolute Gasteiger partial charge is 0.159 e. The average molecular weight is 398 g/mol. The van der Waals surface area contributed by atoms with Gasteiger partial charge in [0.25, 0.3) is 0 Å². The van der Waals surface area contributed by atoms with Gasteiger partial charge < -0.3 is 10.2 Å². The number of rotatable bonds is 6. The molecule has 8 heteroatoms. The van der Waals surface area contributed by atoms with Crippen molar-refractivity contribution in [1.82, 2.24) is 25.2 Å². The first-order valence-electron chi connectivity index (χ1n) is 9.34. The van der Waals surface area contributed by atoms with Crippen molar-refractivity contribution in [3.05, 3.63) is 47.3 Å². The number of hydrogen-bond acceptors (Lipinski definition) is 4. The van der Waals surface area contributed by atoms with Gasteiger partial charge in [-0.15, -0.1) is 17.5 Å². The number of hydrogen-bond donors (Lipinski definition) is 1. The van der Waals surface area contributed by atoms with Crippen LogP contribution in [0.15, 0.2) is 24.4 Å². The SMILES string of the molecule is CN1CCC(Cn2cc(CN[C@@H]3C[C@H]3c3ccc(F)c(F)c3)nn2)CC1.Cl. The molecule has 2 aromatic rings. The second kappa shape index (κ2) is 8.63. The van der Waals surface area contributed by atoms with Crippen LogP contribution in [-0.2, 0) is 13.1 Å². The zero-order chi connectivity index (χ0) is 18.1. The molecule has 1 aromatic carbocycles. The average Bonchev–Trinajstić information content (AvgIpc) is 3.28. The van der Waals surface area contributed by atoms with Crippen molar-refractivity contribution in [1.29, 1.82) is 0 Å². The number of aromatic nitrogens is 3. The molecule has 1 saturated heterocycles. The molecule has 1 aliphatic carbocycles. The molecule has 0 amide bonds. The van der Waals surface area contributed by atoms with Crippen LogP contribution in [0.1, 0.15) is 36.4 Å².